The van der Waals surface area contributed by atoms with Crippen molar-refractivity contribution in [3.05, 3.63) is 106 Å². The number of carboxylic acids is 1. The van der Waals surface area contributed by atoms with Crippen molar-refractivity contribution in [3.63, 3.8) is 0 Å². The zero-order valence-corrected chi connectivity index (χ0v) is 16.5. The van der Waals surface area contributed by atoms with Crippen LogP contribution in [0.25, 0.3) is 27.6 Å². The summed E-state index contributed by atoms with van der Waals surface area (Å²) in [7, 11) is 0. The Morgan fingerprint density at radius 3 is 2.44 bits per heavy atom. The van der Waals surface area contributed by atoms with E-state index in [1.54, 1.807) is 18.5 Å². The maximum Gasteiger partial charge on any atom is 0.341 e. The lowest BCUT2D eigenvalue weighted by molar-refractivity contribution is 0.0695. The van der Waals surface area contributed by atoms with E-state index in [4.69, 9.17) is 0 Å². The zero-order valence-electron chi connectivity index (χ0n) is 16.5. The highest BCUT2D eigenvalue weighted by atomic mass is 19.1. The molecule has 3 aromatic carbocycles. The van der Waals surface area contributed by atoms with Gasteiger partial charge in [-0.1, -0.05) is 24.3 Å². The first-order chi connectivity index (χ1) is 15.4. The summed E-state index contributed by atoms with van der Waals surface area (Å²) in [6, 6.07) is 16.7. The molecule has 0 spiro atoms. The quantitative estimate of drug-likeness (QED) is 0.459. The van der Waals surface area contributed by atoms with Crippen LogP contribution in [0.15, 0.2) is 78.0 Å². The number of benzene rings is 3. The molecule has 2 aromatic heterocycles. The number of carbonyl (C=O) groups is 1. The van der Waals surface area contributed by atoms with Gasteiger partial charge in [0.1, 0.15) is 23.5 Å². The van der Waals surface area contributed by atoms with Crippen LogP contribution in [-0.2, 0) is 6.54 Å². The molecule has 1 N–H and O–H groups in total. The molecule has 0 aliphatic carbocycles. The molecule has 0 unspecified atom stereocenters. The molecule has 0 atom stereocenters. The molecule has 0 saturated carbocycles. The van der Waals surface area contributed by atoms with Crippen molar-refractivity contribution in [1.82, 2.24) is 14.1 Å². The van der Waals surface area contributed by atoms with E-state index < -0.39 is 34.0 Å². The van der Waals surface area contributed by atoms with Crippen molar-refractivity contribution in [2.24, 2.45) is 0 Å². The molecule has 32 heavy (non-hydrogen) atoms. The minimum atomic E-state index is -1.50. The maximum atomic E-state index is 14.6. The van der Waals surface area contributed by atoms with Crippen molar-refractivity contribution in [2.75, 3.05) is 0 Å². The number of aromatic nitrogens is 3. The number of nitrogens with zero attached hydrogens (tertiary/aromatic N) is 3. The first-order valence-corrected chi connectivity index (χ1v) is 9.70. The predicted octanol–water partition coefficient (Wildman–Crippen LogP) is 4.37. The second-order valence-electron chi connectivity index (χ2n) is 7.33. The molecule has 0 aliphatic rings. The molecule has 0 radical (unpaired) electrons. The van der Waals surface area contributed by atoms with Crippen LogP contribution in [0.3, 0.4) is 0 Å². The predicted molar refractivity (Wildman–Crippen MR) is 115 cm³/mol. The van der Waals surface area contributed by atoms with Gasteiger partial charge in [-0.3, -0.25) is 9.36 Å². The lowest BCUT2D eigenvalue weighted by atomic mass is 10.1. The fourth-order valence-electron chi connectivity index (χ4n) is 3.85. The second kappa shape index (κ2) is 7.42. The fraction of sp³-hybridized carbons (Fsp3) is 0.0417. The third-order valence-corrected chi connectivity index (χ3v) is 5.37. The number of halogens is 2. The topological polar surface area (TPSA) is 77.1 Å². The van der Waals surface area contributed by atoms with E-state index in [0.29, 0.717) is 5.56 Å². The molecule has 0 fully saturated rings. The lowest BCUT2D eigenvalue weighted by Crippen LogP contribution is -2.21. The summed E-state index contributed by atoms with van der Waals surface area (Å²) in [4.78, 5) is 28.3. The molecule has 2 heterocycles. The van der Waals surface area contributed by atoms with Crippen molar-refractivity contribution >= 4 is 27.9 Å². The Labute approximate surface area is 179 Å². The minimum Gasteiger partial charge on any atom is -0.477 e. The SMILES string of the molecule is O=C(O)c1cn(Cc2ccc(-n3cnc4ccccc43)cc2)c2c(F)ccc(F)c2c1=O. The van der Waals surface area contributed by atoms with Gasteiger partial charge in [-0.25, -0.2) is 18.6 Å². The Morgan fingerprint density at radius 2 is 1.69 bits per heavy atom. The van der Waals surface area contributed by atoms with Gasteiger partial charge in [0.25, 0.3) is 0 Å². The normalized spacial score (nSPS) is 11.3. The molecule has 0 saturated heterocycles. The number of aromatic carboxylic acids is 1. The average molecular weight is 431 g/mol. The van der Waals surface area contributed by atoms with E-state index in [-0.39, 0.29) is 12.1 Å². The lowest BCUT2D eigenvalue weighted by Gasteiger charge is -2.14. The molecule has 158 valence electrons. The van der Waals surface area contributed by atoms with E-state index in [2.05, 4.69) is 4.98 Å². The van der Waals surface area contributed by atoms with Gasteiger partial charge in [-0.15, -0.1) is 0 Å². The van der Waals surface area contributed by atoms with E-state index in [1.807, 2.05) is 41.0 Å². The van der Waals surface area contributed by atoms with Gasteiger partial charge in [-0.2, -0.15) is 0 Å². The van der Waals surface area contributed by atoms with Gasteiger partial charge in [-0.05, 0) is 42.0 Å². The first-order valence-electron chi connectivity index (χ1n) is 9.70. The average Bonchev–Trinajstić information content (AvgIpc) is 3.22. The molecule has 6 nitrogen and oxygen atoms in total. The Balaban J connectivity index is 1.59. The van der Waals surface area contributed by atoms with E-state index in [9.17, 15) is 23.5 Å². The highest BCUT2D eigenvalue weighted by molar-refractivity contribution is 5.93. The molecule has 5 rings (SSSR count). The minimum absolute atomic E-state index is 0.0440. The Morgan fingerprint density at radius 1 is 0.969 bits per heavy atom. The summed E-state index contributed by atoms with van der Waals surface area (Å²) in [6.45, 7) is 0.0440. The van der Waals surface area contributed by atoms with Gasteiger partial charge in [0.2, 0.25) is 5.43 Å². The van der Waals surface area contributed by atoms with Crippen LogP contribution in [0.2, 0.25) is 0 Å². The molecule has 0 amide bonds. The summed E-state index contributed by atoms with van der Waals surface area (Å²) < 4.78 is 32.1. The van der Waals surface area contributed by atoms with Gasteiger partial charge >= 0.3 is 5.97 Å². The van der Waals surface area contributed by atoms with E-state index in [0.717, 1.165) is 35.1 Å². The van der Waals surface area contributed by atoms with Crippen molar-refractivity contribution in [2.45, 2.75) is 6.54 Å². The maximum absolute atomic E-state index is 14.6. The third kappa shape index (κ3) is 3.13. The molecule has 0 bridgehead atoms. The van der Waals surface area contributed by atoms with Crippen molar-refractivity contribution in [3.8, 4) is 5.69 Å². The summed E-state index contributed by atoms with van der Waals surface area (Å²) in [5.41, 5.74) is 1.42. The standard InChI is InChI=1S/C24H15F2N3O3/c25-17-9-10-18(26)22-21(17)23(30)16(24(31)32)12-28(22)11-14-5-7-15(8-6-14)29-13-27-19-3-1-2-4-20(19)29/h1-10,12-13H,11H2,(H,31,32). The Bertz CT molecular complexity index is 1570. The number of hydrogen-bond donors (Lipinski definition) is 1. The molecule has 0 aliphatic heterocycles. The van der Waals surface area contributed by atoms with Crippen LogP contribution < -0.4 is 5.43 Å². The first kappa shape index (κ1) is 19.6. The Kier molecular flexibility index (Phi) is 4.55. The zero-order chi connectivity index (χ0) is 22.4. The van der Waals surface area contributed by atoms with Crippen molar-refractivity contribution < 1.29 is 18.7 Å². The monoisotopic (exact) mass is 431 g/mol. The number of rotatable bonds is 4. The highest BCUT2D eigenvalue weighted by Crippen LogP contribution is 2.22. The third-order valence-electron chi connectivity index (χ3n) is 5.37. The summed E-state index contributed by atoms with van der Waals surface area (Å²) in [5, 5.41) is 8.79. The van der Waals surface area contributed by atoms with Gasteiger partial charge in [0, 0.05) is 18.4 Å². The second-order valence-corrected chi connectivity index (χ2v) is 7.33. The van der Waals surface area contributed by atoms with Gasteiger partial charge in [0.05, 0.1) is 21.9 Å². The molecular formula is C24H15F2N3O3. The van der Waals surface area contributed by atoms with Crippen LogP contribution in [-0.4, -0.2) is 25.2 Å². The summed E-state index contributed by atoms with van der Waals surface area (Å²) in [6.07, 6.45) is 2.76. The summed E-state index contributed by atoms with van der Waals surface area (Å²) in [5.74, 6) is -3.28. The number of hydrogen-bond acceptors (Lipinski definition) is 3. The number of para-hydroxylation sites is 2. The molecule has 5 aromatic rings. The highest BCUT2D eigenvalue weighted by Gasteiger charge is 2.20. The fourth-order valence-corrected chi connectivity index (χ4v) is 3.85. The number of fused-ring (bicyclic) bond motifs is 2. The Hall–Kier alpha value is -4.33. The van der Waals surface area contributed by atoms with Gasteiger partial charge < -0.3 is 9.67 Å². The van der Waals surface area contributed by atoms with Crippen LogP contribution >= 0.6 is 0 Å². The van der Waals surface area contributed by atoms with Crippen LogP contribution in [0, 0.1) is 11.6 Å². The van der Waals surface area contributed by atoms with Gasteiger partial charge in [0.15, 0.2) is 0 Å². The largest absolute Gasteiger partial charge is 0.477 e. The van der Waals surface area contributed by atoms with Crippen LogP contribution in [0.5, 0.6) is 0 Å². The van der Waals surface area contributed by atoms with Crippen LogP contribution in [0.4, 0.5) is 8.78 Å². The summed E-state index contributed by atoms with van der Waals surface area (Å²) >= 11 is 0. The smallest absolute Gasteiger partial charge is 0.341 e. The molecule has 8 heteroatoms. The van der Waals surface area contributed by atoms with Crippen molar-refractivity contribution in [1.29, 1.82) is 0 Å². The number of imidazole rings is 1. The van der Waals surface area contributed by atoms with E-state index in [1.165, 1.54) is 4.57 Å². The van der Waals surface area contributed by atoms with Crippen LogP contribution in [0.1, 0.15) is 15.9 Å². The number of carboxylic acid groups (broad SMARTS) is 1. The molecular weight excluding hydrogens is 416 g/mol. The number of pyridine rings is 1. The van der Waals surface area contributed by atoms with E-state index >= 15 is 0 Å².